The molecule has 0 saturated heterocycles. The van der Waals surface area contributed by atoms with Crippen molar-refractivity contribution in [3.8, 4) is 5.75 Å². The number of thiophene rings is 1. The van der Waals surface area contributed by atoms with Crippen molar-refractivity contribution in [3.05, 3.63) is 99.2 Å². The topological polar surface area (TPSA) is 80.3 Å². The van der Waals surface area contributed by atoms with Gasteiger partial charge in [-0.05, 0) is 60.5 Å². The zero-order valence-electron chi connectivity index (χ0n) is 19.0. The van der Waals surface area contributed by atoms with Crippen LogP contribution in [0, 0.1) is 0 Å². The Morgan fingerprint density at radius 3 is 2.62 bits per heavy atom. The summed E-state index contributed by atoms with van der Waals surface area (Å²) in [5, 5.41) is 8.30. The number of Topliss-reactive ketones (excluding diaryl/α,β-unsaturated/α-hetero) is 1. The van der Waals surface area contributed by atoms with Crippen LogP contribution in [0.5, 0.6) is 5.75 Å². The molecule has 7 heteroatoms. The molecule has 3 aromatic rings. The van der Waals surface area contributed by atoms with Crippen LogP contribution in [0.3, 0.4) is 0 Å². The molecule has 2 aromatic heterocycles. The van der Waals surface area contributed by atoms with Gasteiger partial charge in [0.1, 0.15) is 11.6 Å². The first-order valence-corrected chi connectivity index (χ1v) is 12.1. The van der Waals surface area contributed by atoms with Crippen LogP contribution in [0.2, 0.25) is 0 Å². The highest BCUT2D eigenvalue weighted by atomic mass is 32.1. The first-order valence-electron chi connectivity index (χ1n) is 11.2. The quantitative estimate of drug-likeness (QED) is 0.538. The number of anilines is 1. The molecular formula is C27H25N3O3S. The minimum Gasteiger partial charge on any atom is -0.497 e. The number of carbonyl (C=O) groups is 2. The summed E-state index contributed by atoms with van der Waals surface area (Å²) >= 11 is 1.56. The van der Waals surface area contributed by atoms with Crippen LogP contribution >= 0.6 is 11.3 Å². The van der Waals surface area contributed by atoms with E-state index in [-0.39, 0.29) is 17.6 Å². The third kappa shape index (κ3) is 4.15. The summed E-state index contributed by atoms with van der Waals surface area (Å²) < 4.78 is 5.27. The van der Waals surface area contributed by atoms with Crippen LogP contribution in [0.4, 0.5) is 5.82 Å². The molecule has 1 amide bonds. The number of carbonyl (C=O) groups excluding carboxylic acids is 2. The molecular weight excluding hydrogens is 446 g/mol. The van der Waals surface area contributed by atoms with Crippen LogP contribution in [0.15, 0.2) is 88.7 Å². The summed E-state index contributed by atoms with van der Waals surface area (Å²) in [6.07, 6.45) is 2.75. The normalized spacial score (nSPS) is 20.0. The van der Waals surface area contributed by atoms with Gasteiger partial charge in [0.25, 0.3) is 5.91 Å². The first-order chi connectivity index (χ1) is 16.5. The zero-order valence-corrected chi connectivity index (χ0v) is 19.8. The third-order valence-electron chi connectivity index (χ3n) is 6.39. The number of nitrogens with one attached hydrogen (secondary N) is 2. The maximum atomic E-state index is 13.6. The molecule has 0 radical (unpaired) electrons. The number of rotatable bonds is 5. The number of amides is 1. The number of ketones is 1. The fraction of sp³-hybridized carbons (Fsp3) is 0.222. The fourth-order valence-corrected chi connectivity index (χ4v) is 5.66. The summed E-state index contributed by atoms with van der Waals surface area (Å²) in [5.74, 6) is 0.769. The SMILES string of the molecule is COc1ccc([C@@H]2CC(=O)C3=C(C2)NC(C)=C(C(=O)Nc2ccccn2)[C@H]3c2cccs2)cc1. The van der Waals surface area contributed by atoms with E-state index in [2.05, 4.69) is 15.6 Å². The van der Waals surface area contributed by atoms with Crippen molar-refractivity contribution < 1.29 is 14.3 Å². The van der Waals surface area contributed by atoms with Crippen molar-refractivity contribution in [2.24, 2.45) is 0 Å². The van der Waals surface area contributed by atoms with Gasteiger partial charge in [-0.2, -0.15) is 0 Å². The molecule has 5 rings (SSSR count). The second kappa shape index (κ2) is 9.27. The number of pyridine rings is 1. The average molecular weight is 472 g/mol. The van der Waals surface area contributed by atoms with E-state index in [1.54, 1.807) is 36.8 Å². The first kappa shape index (κ1) is 22.1. The predicted octanol–water partition coefficient (Wildman–Crippen LogP) is 5.15. The molecule has 0 fully saturated rings. The lowest BCUT2D eigenvalue weighted by atomic mass is 9.73. The summed E-state index contributed by atoms with van der Waals surface area (Å²) in [5.41, 5.74) is 4.03. The number of allylic oxidation sites excluding steroid dienone is 3. The smallest absolute Gasteiger partial charge is 0.255 e. The number of aromatic nitrogens is 1. The van der Waals surface area contributed by atoms with E-state index >= 15 is 0 Å². The van der Waals surface area contributed by atoms with E-state index < -0.39 is 5.92 Å². The van der Waals surface area contributed by atoms with Gasteiger partial charge in [0, 0.05) is 40.0 Å². The van der Waals surface area contributed by atoms with Gasteiger partial charge in [0.05, 0.1) is 13.0 Å². The molecule has 34 heavy (non-hydrogen) atoms. The fourth-order valence-electron chi connectivity index (χ4n) is 4.81. The Bertz CT molecular complexity index is 1280. The van der Waals surface area contributed by atoms with Gasteiger partial charge < -0.3 is 15.4 Å². The van der Waals surface area contributed by atoms with Crippen molar-refractivity contribution in [3.63, 3.8) is 0 Å². The molecule has 2 atom stereocenters. The van der Waals surface area contributed by atoms with Crippen molar-refractivity contribution >= 4 is 28.8 Å². The van der Waals surface area contributed by atoms with Gasteiger partial charge >= 0.3 is 0 Å². The number of ether oxygens (including phenoxy) is 1. The van der Waals surface area contributed by atoms with E-state index in [4.69, 9.17) is 4.74 Å². The standard InChI is InChI=1S/C27H25N3O3S/c1-16-24(27(32)30-23-7-3-4-12-28-23)26(22-6-5-13-34-22)25-20(29-16)14-18(15-21(25)31)17-8-10-19(33-2)11-9-17/h3-13,18,26,29H,14-15H2,1-2H3,(H,28,30,32)/t18-,26+/m0/s1. The molecule has 172 valence electrons. The number of methoxy groups -OCH3 is 1. The maximum Gasteiger partial charge on any atom is 0.255 e. The molecule has 0 saturated carbocycles. The van der Waals surface area contributed by atoms with Crippen molar-refractivity contribution in [1.29, 1.82) is 0 Å². The Kier molecular flexibility index (Phi) is 6.02. The maximum absolute atomic E-state index is 13.6. The molecule has 3 heterocycles. The monoisotopic (exact) mass is 471 g/mol. The van der Waals surface area contributed by atoms with Crippen LogP contribution in [-0.2, 0) is 9.59 Å². The molecule has 1 aromatic carbocycles. The highest BCUT2D eigenvalue weighted by molar-refractivity contribution is 7.10. The van der Waals surface area contributed by atoms with Crippen molar-refractivity contribution in [2.75, 3.05) is 12.4 Å². The number of hydrogen-bond acceptors (Lipinski definition) is 6. The van der Waals surface area contributed by atoms with Gasteiger partial charge in [-0.3, -0.25) is 9.59 Å². The molecule has 1 aliphatic carbocycles. The summed E-state index contributed by atoms with van der Waals surface area (Å²) in [4.78, 5) is 32.2. The lowest BCUT2D eigenvalue weighted by Gasteiger charge is -2.36. The molecule has 1 aliphatic heterocycles. The lowest BCUT2D eigenvalue weighted by molar-refractivity contribution is -0.116. The largest absolute Gasteiger partial charge is 0.497 e. The summed E-state index contributed by atoms with van der Waals surface area (Å²) in [7, 11) is 1.64. The number of nitrogens with zero attached hydrogens (tertiary/aromatic N) is 1. The Balaban J connectivity index is 1.50. The van der Waals surface area contributed by atoms with E-state index in [1.165, 1.54) is 0 Å². The van der Waals surface area contributed by atoms with Crippen LogP contribution in [0.25, 0.3) is 0 Å². The minimum atomic E-state index is -0.399. The second-order valence-electron chi connectivity index (χ2n) is 8.47. The van der Waals surface area contributed by atoms with Crippen LogP contribution < -0.4 is 15.4 Å². The van der Waals surface area contributed by atoms with Crippen molar-refractivity contribution in [1.82, 2.24) is 10.3 Å². The van der Waals surface area contributed by atoms with Crippen LogP contribution in [0.1, 0.15) is 42.0 Å². The Morgan fingerprint density at radius 2 is 1.94 bits per heavy atom. The lowest BCUT2D eigenvalue weighted by Crippen LogP contribution is -2.36. The number of benzene rings is 1. The van der Waals surface area contributed by atoms with E-state index in [1.807, 2.05) is 54.8 Å². The number of dihydropyridines is 1. The second-order valence-corrected chi connectivity index (χ2v) is 9.45. The van der Waals surface area contributed by atoms with E-state index in [9.17, 15) is 9.59 Å². The van der Waals surface area contributed by atoms with Gasteiger partial charge in [-0.15, -0.1) is 11.3 Å². The van der Waals surface area contributed by atoms with Gasteiger partial charge in [0.15, 0.2) is 5.78 Å². The van der Waals surface area contributed by atoms with Crippen molar-refractivity contribution in [2.45, 2.75) is 31.6 Å². The Morgan fingerprint density at radius 1 is 1.12 bits per heavy atom. The third-order valence-corrected chi connectivity index (χ3v) is 7.33. The highest BCUT2D eigenvalue weighted by Gasteiger charge is 2.41. The van der Waals surface area contributed by atoms with Gasteiger partial charge in [-0.1, -0.05) is 24.3 Å². The van der Waals surface area contributed by atoms with E-state index in [0.717, 1.165) is 27.6 Å². The van der Waals surface area contributed by atoms with Gasteiger partial charge in [0.2, 0.25) is 0 Å². The Labute approximate surface area is 202 Å². The molecule has 2 N–H and O–H groups in total. The summed E-state index contributed by atoms with van der Waals surface area (Å²) in [6.45, 7) is 1.90. The average Bonchev–Trinajstić information content (AvgIpc) is 3.38. The van der Waals surface area contributed by atoms with E-state index in [0.29, 0.717) is 29.8 Å². The Hall–Kier alpha value is -3.71. The highest BCUT2D eigenvalue weighted by Crippen LogP contribution is 2.46. The number of hydrogen-bond donors (Lipinski definition) is 2. The molecule has 2 aliphatic rings. The van der Waals surface area contributed by atoms with Gasteiger partial charge in [-0.25, -0.2) is 4.98 Å². The molecule has 0 spiro atoms. The minimum absolute atomic E-state index is 0.0728. The molecule has 0 bridgehead atoms. The molecule has 6 nitrogen and oxygen atoms in total. The predicted molar refractivity (Wildman–Crippen MR) is 133 cm³/mol. The van der Waals surface area contributed by atoms with Crippen LogP contribution in [-0.4, -0.2) is 23.8 Å². The molecule has 0 unspecified atom stereocenters. The summed E-state index contributed by atoms with van der Waals surface area (Å²) in [6, 6.07) is 17.2. The zero-order chi connectivity index (χ0) is 23.7.